The van der Waals surface area contributed by atoms with Gasteiger partial charge in [0.15, 0.2) is 9.84 Å². The SMILES string of the molecule is CSCC[C@@H](NC(=O)OC(C)(C)C)C(=O)N[C@H]1CS(=O)(=O)C[C@@H]1Cl. The van der Waals surface area contributed by atoms with Gasteiger partial charge in [-0.25, -0.2) is 13.2 Å². The predicted octanol–water partition coefficient (Wildman–Crippen LogP) is 1.15. The van der Waals surface area contributed by atoms with Crippen molar-refractivity contribution in [2.24, 2.45) is 0 Å². The molecule has 1 heterocycles. The van der Waals surface area contributed by atoms with Gasteiger partial charge in [-0.15, -0.1) is 11.6 Å². The van der Waals surface area contributed by atoms with Crippen LogP contribution in [0.3, 0.4) is 0 Å². The topological polar surface area (TPSA) is 102 Å². The highest BCUT2D eigenvalue weighted by atomic mass is 35.5. The van der Waals surface area contributed by atoms with E-state index in [9.17, 15) is 18.0 Å². The second-order valence-corrected chi connectivity index (χ2v) is 10.4. The third-order valence-electron chi connectivity index (χ3n) is 3.23. The van der Waals surface area contributed by atoms with E-state index in [0.717, 1.165) is 0 Å². The summed E-state index contributed by atoms with van der Waals surface area (Å²) in [5, 5.41) is 4.51. The van der Waals surface area contributed by atoms with Crippen molar-refractivity contribution in [2.45, 2.75) is 50.3 Å². The number of thioether (sulfide) groups is 1. The summed E-state index contributed by atoms with van der Waals surface area (Å²) in [5.41, 5.74) is -0.675. The molecule has 0 spiro atoms. The summed E-state index contributed by atoms with van der Waals surface area (Å²) in [4.78, 5) is 24.3. The maximum Gasteiger partial charge on any atom is 0.408 e. The average Bonchev–Trinajstić information content (AvgIpc) is 2.64. The van der Waals surface area contributed by atoms with Crippen molar-refractivity contribution in [1.29, 1.82) is 0 Å². The lowest BCUT2D eigenvalue weighted by Crippen LogP contribution is -2.52. The Labute approximate surface area is 152 Å². The average molecular weight is 401 g/mol. The normalized spacial score (nSPS) is 24.2. The maximum atomic E-state index is 12.4. The standard InChI is InChI=1S/C14H25ClN2O5S2/c1-14(2,3)22-13(19)17-10(5-6-23-4)12(18)16-11-8-24(20,21)7-9(11)15/h9-11H,5-8H2,1-4H3,(H,16,18)(H,17,19)/t9-,10+,11-/m0/s1. The van der Waals surface area contributed by atoms with E-state index in [4.69, 9.17) is 16.3 Å². The lowest BCUT2D eigenvalue weighted by molar-refractivity contribution is -0.123. The zero-order valence-electron chi connectivity index (χ0n) is 14.3. The monoisotopic (exact) mass is 400 g/mol. The van der Waals surface area contributed by atoms with Gasteiger partial charge < -0.3 is 15.4 Å². The van der Waals surface area contributed by atoms with Crippen LogP contribution in [0.2, 0.25) is 0 Å². The van der Waals surface area contributed by atoms with Gasteiger partial charge in [0.2, 0.25) is 5.91 Å². The molecule has 3 atom stereocenters. The van der Waals surface area contributed by atoms with Crippen LogP contribution < -0.4 is 10.6 Å². The lowest BCUT2D eigenvalue weighted by Gasteiger charge is -2.24. The van der Waals surface area contributed by atoms with E-state index in [0.29, 0.717) is 12.2 Å². The molecule has 140 valence electrons. The Hall–Kier alpha value is -0.670. The minimum absolute atomic E-state index is 0.158. The molecule has 0 bridgehead atoms. The molecule has 0 aromatic heterocycles. The van der Waals surface area contributed by atoms with E-state index in [-0.39, 0.29) is 11.5 Å². The van der Waals surface area contributed by atoms with Crippen molar-refractivity contribution in [1.82, 2.24) is 10.6 Å². The van der Waals surface area contributed by atoms with Gasteiger partial charge in [0, 0.05) is 0 Å². The van der Waals surface area contributed by atoms with Crippen LogP contribution in [0.4, 0.5) is 4.79 Å². The van der Waals surface area contributed by atoms with Crippen molar-refractivity contribution in [2.75, 3.05) is 23.5 Å². The summed E-state index contributed by atoms with van der Waals surface area (Å²) in [6.07, 6.45) is 1.60. The molecule has 0 aromatic carbocycles. The second-order valence-electron chi connectivity index (χ2n) is 6.69. The van der Waals surface area contributed by atoms with Crippen LogP contribution in [0, 0.1) is 0 Å². The van der Waals surface area contributed by atoms with E-state index in [1.54, 1.807) is 20.8 Å². The van der Waals surface area contributed by atoms with E-state index < -0.39 is 44.9 Å². The second kappa shape index (κ2) is 8.62. The Morgan fingerprint density at radius 3 is 2.42 bits per heavy atom. The van der Waals surface area contributed by atoms with Crippen LogP contribution in [-0.2, 0) is 19.4 Å². The number of alkyl carbamates (subject to hydrolysis) is 1. The number of amides is 2. The van der Waals surface area contributed by atoms with E-state index in [1.165, 1.54) is 11.8 Å². The van der Waals surface area contributed by atoms with Gasteiger partial charge in [-0.2, -0.15) is 11.8 Å². The molecule has 1 aliphatic rings. The minimum Gasteiger partial charge on any atom is -0.444 e. The van der Waals surface area contributed by atoms with Gasteiger partial charge in [-0.05, 0) is 39.2 Å². The summed E-state index contributed by atoms with van der Waals surface area (Å²) in [5.74, 6) is -0.146. The quantitative estimate of drug-likeness (QED) is 0.648. The fraction of sp³-hybridized carbons (Fsp3) is 0.857. The van der Waals surface area contributed by atoms with E-state index in [1.807, 2.05) is 6.26 Å². The molecular formula is C14H25ClN2O5S2. The number of halogens is 1. The zero-order valence-corrected chi connectivity index (χ0v) is 16.7. The van der Waals surface area contributed by atoms with E-state index >= 15 is 0 Å². The van der Waals surface area contributed by atoms with Crippen molar-refractivity contribution in [3.8, 4) is 0 Å². The number of hydrogen-bond acceptors (Lipinski definition) is 6. The number of sulfone groups is 1. The molecule has 0 aromatic rings. The zero-order chi connectivity index (χ0) is 18.5. The van der Waals surface area contributed by atoms with Crippen molar-refractivity contribution < 1.29 is 22.7 Å². The van der Waals surface area contributed by atoms with Crippen LogP contribution in [0.25, 0.3) is 0 Å². The van der Waals surface area contributed by atoms with Crippen LogP contribution in [0.1, 0.15) is 27.2 Å². The van der Waals surface area contributed by atoms with Gasteiger partial charge in [0.1, 0.15) is 11.6 Å². The summed E-state index contributed by atoms with van der Waals surface area (Å²) in [6, 6.07) is -1.46. The van der Waals surface area contributed by atoms with Gasteiger partial charge in [-0.3, -0.25) is 4.79 Å². The molecule has 2 amide bonds. The van der Waals surface area contributed by atoms with Crippen molar-refractivity contribution in [3.63, 3.8) is 0 Å². The van der Waals surface area contributed by atoms with Crippen molar-refractivity contribution in [3.05, 3.63) is 0 Å². The summed E-state index contributed by atoms with van der Waals surface area (Å²) >= 11 is 7.54. The molecule has 1 fully saturated rings. The highest BCUT2D eigenvalue weighted by Gasteiger charge is 2.38. The predicted molar refractivity (Wildman–Crippen MR) is 96.4 cm³/mol. The molecule has 1 aliphatic heterocycles. The first-order valence-electron chi connectivity index (χ1n) is 7.57. The third-order valence-corrected chi connectivity index (χ3v) is 6.25. The highest BCUT2D eigenvalue weighted by molar-refractivity contribution is 7.98. The Bertz CT molecular complexity index is 562. The molecule has 2 N–H and O–H groups in total. The number of alkyl halides is 1. The van der Waals surface area contributed by atoms with Gasteiger partial charge in [-0.1, -0.05) is 0 Å². The number of hydrogen-bond donors (Lipinski definition) is 2. The Morgan fingerprint density at radius 1 is 1.33 bits per heavy atom. The molecule has 7 nitrogen and oxygen atoms in total. The van der Waals surface area contributed by atoms with Gasteiger partial charge in [0.25, 0.3) is 0 Å². The Balaban J connectivity index is 2.69. The van der Waals surface area contributed by atoms with Gasteiger partial charge in [0.05, 0.1) is 22.9 Å². The van der Waals surface area contributed by atoms with E-state index in [2.05, 4.69) is 10.6 Å². The van der Waals surface area contributed by atoms with Crippen LogP contribution in [0.5, 0.6) is 0 Å². The first-order chi connectivity index (χ1) is 10.9. The molecule has 0 aliphatic carbocycles. The molecule has 24 heavy (non-hydrogen) atoms. The molecule has 0 unspecified atom stereocenters. The summed E-state index contributed by atoms with van der Waals surface area (Å²) in [7, 11) is -3.24. The number of rotatable bonds is 6. The fourth-order valence-corrected chi connectivity index (χ4v) is 5.20. The minimum atomic E-state index is -3.24. The number of carbonyl (C=O) groups excluding carboxylic acids is 2. The Morgan fingerprint density at radius 2 is 1.96 bits per heavy atom. The largest absolute Gasteiger partial charge is 0.444 e. The number of nitrogens with one attached hydrogen (secondary N) is 2. The van der Waals surface area contributed by atoms with Crippen LogP contribution >= 0.6 is 23.4 Å². The van der Waals surface area contributed by atoms with Crippen LogP contribution in [-0.4, -0.2) is 67.0 Å². The first-order valence-corrected chi connectivity index (χ1v) is 11.2. The Kier molecular flexibility index (Phi) is 7.68. The fourth-order valence-electron chi connectivity index (χ4n) is 2.17. The maximum absolute atomic E-state index is 12.4. The van der Waals surface area contributed by atoms with Gasteiger partial charge >= 0.3 is 6.09 Å². The summed E-state index contributed by atoms with van der Waals surface area (Å²) < 4.78 is 28.3. The number of carbonyl (C=O) groups is 2. The summed E-state index contributed by atoms with van der Waals surface area (Å²) in [6.45, 7) is 5.18. The number of ether oxygens (including phenoxy) is 1. The lowest BCUT2D eigenvalue weighted by atomic mass is 10.1. The molecule has 10 heteroatoms. The molecule has 0 saturated carbocycles. The third kappa shape index (κ3) is 7.48. The molecular weight excluding hydrogens is 376 g/mol. The molecule has 1 rings (SSSR count). The smallest absolute Gasteiger partial charge is 0.408 e. The van der Waals surface area contributed by atoms with Crippen molar-refractivity contribution >= 4 is 45.2 Å². The molecule has 1 saturated heterocycles. The first kappa shape index (κ1) is 21.4. The highest BCUT2D eigenvalue weighted by Crippen LogP contribution is 2.18. The van der Waals surface area contributed by atoms with Crippen LogP contribution in [0.15, 0.2) is 0 Å². The molecule has 0 radical (unpaired) electrons.